The third kappa shape index (κ3) is 3.61. The van der Waals surface area contributed by atoms with E-state index in [1.807, 2.05) is 0 Å². The summed E-state index contributed by atoms with van der Waals surface area (Å²) in [6.07, 6.45) is 5.21. The molecule has 1 unspecified atom stereocenters. The van der Waals surface area contributed by atoms with Crippen LogP contribution in [0.25, 0.3) is 11.1 Å². The smallest absolute Gasteiger partial charge is 0.0373 e. The summed E-state index contributed by atoms with van der Waals surface area (Å²) in [4.78, 5) is 9.46. The van der Waals surface area contributed by atoms with Gasteiger partial charge in [0.25, 0.3) is 0 Å². The minimum Gasteiger partial charge on any atom is -0.261 e. The quantitative estimate of drug-likeness (QED) is 0.306. The summed E-state index contributed by atoms with van der Waals surface area (Å²) in [5.41, 5.74) is 10.0. The number of aromatic nitrogens is 2. The van der Waals surface area contributed by atoms with E-state index in [1.54, 1.807) is 0 Å². The number of aryl methyl sites for hydroxylation is 2. The summed E-state index contributed by atoms with van der Waals surface area (Å²) in [6, 6.07) is 30.8. The first-order valence-electron chi connectivity index (χ1n) is 12.0. The lowest BCUT2D eigenvalue weighted by Crippen LogP contribution is -2.36. The van der Waals surface area contributed by atoms with Crippen molar-refractivity contribution in [2.24, 2.45) is 0 Å². The van der Waals surface area contributed by atoms with Crippen LogP contribution in [0.2, 0.25) is 6.55 Å². The average molecular weight is 459 g/mol. The van der Waals surface area contributed by atoms with Gasteiger partial charge in [0.2, 0.25) is 0 Å². The van der Waals surface area contributed by atoms with Gasteiger partial charge >= 0.3 is 0 Å². The van der Waals surface area contributed by atoms with Crippen LogP contribution in [0, 0.1) is 13.8 Å². The van der Waals surface area contributed by atoms with Gasteiger partial charge in [-0.15, -0.1) is 0 Å². The first-order chi connectivity index (χ1) is 16.6. The molecule has 0 saturated heterocycles. The Morgan fingerprint density at radius 2 is 1.26 bits per heavy atom. The van der Waals surface area contributed by atoms with E-state index >= 15 is 0 Å². The van der Waals surface area contributed by atoms with Crippen molar-refractivity contribution in [3.8, 4) is 0 Å². The Bertz CT molecular complexity index is 1370. The number of benzene rings is 2. The van der Waals surface area contributed by atoms with Gasteiger partial charge in [0.15, 0.2) is 0 Å². The maximum Gasteiger partial charge on any atom is 0.0373 e. The minimum absolute atomic E-state index is 0.0991. The molecule has 1 aliphatic heterocycles. The Morgan fingerprint density at radius 3 is 1.79 bits per heavy atom. The third-order valence-electron chi connectivity index (χ3n) is 7.20. The Hall–Kier alpha value is -3.43. The largest absolute Gasteiger partial charge is 0.261 e. The highest BCUT2D eigenvalue weighted by Crippen LogP contribution is 2.51. The van der Waals surface area contributed by atoms with Crippen LogP contribution in [0.4, 0.5) is 0 Å². The number of nitrogens with zero attached hydrogens (tertiary/aromatic N) is 2. The van der Waals surface area contributed by atoms with E-state index in [9.17, 15) is 0 Å². The van der Waals surface area contributed by atoms with Crippen molar-refractivity contribution < 1.29 is 0 Å². The van der Waals surface area contributed by atoms with Crippen LogP contribution in [0.3, 0.4) is 0 Å². The highest BCUT2D eigenvalue weighted by Gasteiger charge is 2.46. The molecular formula is C31H30N2Si. The van der Waals surface area contributed by atoms with Gasteiger partial charge in [0.05, 0.1) is 0 Å². The summed E-state index contributed by atoms with van der Waals surface area (Å²) >= 11 is 0. The monoisotopic (exact) mass is 458 g/mol. The fourth-order valence-corrected chi connectivity index (χ4v) is 8.93. The molecule has 5 rings (SSSR count). The predicted molar refractivity (Wildman–Crippen MR) is 145 cm³/mol. The molecule has 0 N–H and O–H groups in total. The van der Waals surface area contributed by atoms with Gasteiger partial charge in [0, 0.05) is 37.2 Å². The van der Waals surface area contributed by atoms with E-state index in [1.165, 1.54) is 38.6 Å². The van der Waals surface area contributed by atoms with Crippen molar-refractivity contribution in [1.82, 2.24) is 9.97 Å². The van der Waals surface area contributed by atoms with Gasteiger partial charge in [0.1, 0.15) is 0 Å². The van der Waals surface area contributed by atoms with E-state index in [0.29, 0.717) is 0 Å². The Kier molecular flexibility index (Phi) is 5.97. The van der Waals surface area contributed by atoms with E-state index in [-0.39, 0.29) is 5.04 Å². The summed E-state index contributed by atoms with van der Waals surface area (Å²) in [7, 11) is -1.10. The molecule has 168 valence electrons. The van der Waals surface area contributed by atoms with Gasteiger partial charge in [-0.3, -0.25) is 9.97 Å². The van der Waals surface area contributed by atoms with Crippen molar-refractivity contribution in [2.45, 2.75) is 38.8 Å². The fourth-order valence-electron chi connectivity index (χ4n) is 5.52. The topological polar surface area (TPSA) is 25.8 Å². The molecule has 0 bridgehead atoms. The molecule has 34 heavy (non-hydrogen) atoms. The standard InChI is InChI=1S/C31H30N2Si/c1-5-31(27-19-17-23(3)33-21-27)29(25-14-10-7-11-15-25)28(24-12-8-6-9-13-24)30(34(31)4)26-18-16-22(2)32-20-26/h6-21H,5H2,1-4H3. The molecule has 2 nitrogen and oxygen atoms in total. The SMILES string of the molecule is CCC1(c2ccc(C)nc2)C(c2ccccc2)=C(c2ccccc2)C(c2ccc(C)nc2)=[Si]1C. The van der Waals surface area contributed by atoms with Gasteiger partial charge in [-0.25, -0.2) is 0 Å². The highest BCUT2D eigenvalue weighted by atomic mass is 28.2. The summed E-state index contributed by atoms with van der Waals surface area (Å²) < 4.78 is 0. The van der Waals surface area contributed by atoms with Crippen molar-refractivity contribution in [3.63, 3.8) is 0 Å². The Balaban J connectivity index is 1.93. The lowest BCUT2D eigenvalue weighted by molar-refractivity contribution is 0.727. The average Bonchev–Trinajstić information content (AvgIpc) is 3.15. The van der Waals surface area contributed by atoms with Crippen LogP contribution in [-0.2, 0) is 5.04 Å². The summed E-state index contributed by atoms with van der Waals surface area (Å²) in [5.74, 6) is 0. The highest BCUT2D eigenvalue weighted by molar-refractivity contribution is 6.87. The van der Waals surface area contributed by atoms with Crippen LogP contribution in [-0.4, -0.2) is 23.5 Å². The molecule has 2 aromatic heterocycles. The zero-order valence-electron chi connectivity index (χ0n) is 20.3. The van der Waals surface area contributed by atoms with Crippen molar-refractivity contribution in [1.29, 1.82) is 0 Å². The predicted octanol–water partition coefficient (Wildman–Crippen LogP) is 6.83. The number of rotatable bonds is 5. The van der Waals surface area contributed by atoms with Crippen LogP contribution in [0.15, 0.2) is 97.3 Å². The van der Waals surface area contributed by atoms with Crippen LogP contribution in [0.5, 0.6) is 0 Å². The number of allylic oxidation sites excluding steroid dienone is 2. The normalized spacial score (nSPS) is 18.0. The lowest BCUT2D eigenvalue weighted by Gasteiger charge is -2.35. The van der Waals surface area contributed by atoms with Gasteiger partial charge in [-0.2, -0.15) is 0 Å². The zero-order chi connectivity index (χ0) is 23.7. The number of hydrogen-bond acceptors (Lipinski definition) is 2. The second-order valence-corrected chi connectivity index (χ2v) is 11.7. The molecular weight excluding hydrogens is 428 g/mol. The van der Waals surface area contributed by atoms with E-state index in [2.05, 4.69) is 125 Å². The van der Waals surface area contributed by atoms with Crippen LogP contribution in [0.1, 0.15) is 47.0 Å². The summed E-state index contributed by atoms with van der Waals surface area (Å²) in [5, 5.41) is 1.36. The molecule has 0 amide bonds. The Morgan fingerprint density at radius 1 is 0.676 bits per heavy atom. The molecule has 1 atom stereocenters. The zero-order valence-corrected chi connectivity index (χ0v) is 21.3. The maximum absolute atomic E-state index is 4.76. The second-order valence-electron chi connectivity index (χ2n) is 9.12. The van der Waals surface area contributed by atoms with Crippen molar-refractivity contribution in [3.05, 3.63) is 131 Å². The molecule has 0 spiro atoms. The molecule has 2 aromatic carbocycles. The Labute approximate surface area is 204 Å². The van der Waals surface area contributed by atoms with Crippen LogP contribution >= 0.6 is 0 Å². The van der Waals surface area contributed by atoms with E-state index in [0.717, 1.165) is 17.8 Å². The molecule has 0 radical (unpaired) electrons. The molecule has 0 fully saturated rings. The lowest BCUT2D eigenvalue weighted by atomic mass is 9.79. The molecule has 3 heteroatoms. The van der Waals surface area contributed by atoms with E-state index in [4.69, 9.17) is 9.97 Å². The van der Waals surface area contributed by atoms with Crippen molar-refractivity contribution in [2.75, 3.05) is 0 Å². The van der Waals surface area contributed by atoms with Gasteiger partial charge < -0.3 is 0 Å². The van der Waals surface area contributed by atoms with Crippen LogP contribution < -0.4 is 0 Å². The fraction of sp³-hybridized carbons (Fsp3) is 0.194. The van der Waals surface area contributed by atoms with Gasteiger partial charge in [-0.05, 0) is 71.0 Å². The first-order valence-corrected chi connectivity index (χ1v) is 14.0. The van der Waals surface area contributed by atoms with E-state index < -0.39 is 8.41 Å². The van der Waals surface area contributed by atoms with Crippen molar-refractivity contribution >= 4 is 24.7 Å². The minimum atomic E-state index is -1.10. The second kappa shape index (κ2) is 9.07. The maximum atomic E-state index is 4.76. The first kappa shape index (κ1) is 22.4. The number of pyridine rings is 2. The molecule has 3 heterocycles. The third-order valence-corrected chi connectivity index (χ3v) is 10.7. The van der Waals surface area contributed by atoms with Gasteiger partial charge in [-0.1, -0.05) is 86.3 Å². The molecule has 0 saturated carbocycles. The molecule has 4 aromatic rings. The summed E-state index contributed by atoms with van der Waals surface area (Å²) in [6.45, 7) is 8.95. The molecule has 1 aliphatic rings. The molecule has 0 aliphatic carbocycles. The number of hydrogen-bond donors (Lipinski definition) is 0.